The monoisotopic (exact) mass is 545 g/mol. The van der Waals surface area contributed by atoms with Gasteiger partial charge in [0.1, 0.15) is 24.1 Å². The fraction of sp³-hybridized carbons (Fsp3) is 0.500. The Bertz CT molecular complexity index is 1610. The Morgan fingerprint density at radius 1 is 1.07 bits per heavy atom. The number of aryl methyl sites for hydroxylation is 1. The maximum Gasteiger partial charge on any atom is 0.319 e. The number of fused-ring (bicyclic) bond motifs is 5. The normalized spacial score (nSPS) is 28.2. The molecule has 8 rings (SSSR count). The molecular formula is C30H33F2N7O. The summed E-state index contributed by atoms with van der Waals surface area (Å²) in [6, 6.07) is 8.66. The van der Waals surface area contributed by atoms with E-state index in [4.69, 9.17) is 9.72 Å². The number of ether oxygens (including phenoxy) is 1. The first kappa shape index (κ1) is 24.4. The first-order valence-corrected chi connectivity index (χ1v) is 14.4. The molecule has 0 aliphatic carbocycles. The molecule has 0 radical (unpaired) electrons. The Morgan fingerprint density at radius 2 is 1.93 bits per heavy atom. The number of aromatic nitrogens is 4. The molecule has 208 valence electrons. The van der Waals surface area contributed by atoms with Gasteiger partial charge in [-0.1, -0.05) is 12.1 Å². The predicted octanol–water partition coefficient (Wildman–Crippen LogP) is 4.52. The van der Waals surface area contributed by atoms with Gasteiger partial charge in [0.15, 0.2) is 5.82 Å². The quantitative estimate of drug-likeness (QED) is 0.382. The average molecular weight is 546 g/mol. The van der Waals surface area contributed by atoms with Gasteiger partial charge in [-0.15, -0.1) is 0 Å². The minimum atomic E-state index is -0.845. The summed E-state index contributed by atoms with van der Waals surface area (Å²) in [4.78, 5) is 14.0. The molecule has 4 atom stereocenters. The molecule has 4 aliphatic rings. The van der Waals surface area contributed by atoms with Crippen molar-refractivity contribution in [2.24, 2.45) is 0 Å². The second-order valence-electron chi connectivity index (χ2n) is 12.1. The minimum Gasteiger partial charge on any atom is -0.461 e. The number of alkyl halides is 1. The molecule has 40 heavy (non-hydrogen) atoms. The third-order valence-corrected chi connectivity index (χ3v) is 9.61. The minimum absolute atomic E-state index is 0.159. The highest BCUT2D eigenvalue weighted by Gasteiger charge is 2.49. The van der Waals surface area contributed by atoms with Gasteiger partial charge in [-0.25, -0.2) is 8.78 Å². The topological polar surface area (TPSA) is 82.2 Å². The summed E-state index contributed by atoms with van der Waals surface area (Å²) in [6.45, 7) is 5.23. The Kier molecular flexibility index (Phi) is 5.54. The molecule has 2 N–H and O–H groups in total. The second-order valence-corrected chi connectivity index (χ2v) is 12.1. The molecule has 6 heterocycles. The molecule has 0 amide bonds. The summed E-state index contributed by atoms with van der Waals surface area (Å²) >= 11 is 0. The standard InChI is InChI=1S/C30H33F2N7O/c1-17-3-8-24-23(12-33-37-24)25(17)21-6-7-22-27(26(21)32)35-29(36-28(22)38-14-19-4-5-20(15-38)34-19)40-16-30-9-2-10-39(30)13-18(31)11-30/h3,6-8,12,18-20,34H,2,4-5,9-11,13-16H2,1H3,(H,33,37)/t18-,19-,20+,30+/m1/s1. The zero-order valence-corrected chi connectivity index (χ0v) is 22.6. The van der Waals surface area contributed by atoms with E-state index in [0.717, 1.165) is 67.3 Å². The van der Waals surface area contributed by atoms with E-state index in [0.29, 0.717) is 48.4 Å². The highest BCUT2D eigenvalue weighted by molar-refractivity contribution is 6.00. The van der Waals surface area contributed by atoms with Crippen molar-refractivity contribution < 1.29 is 13.5 Å². The Hall–Kier alpha value is -3.37. The summed E-state index contributed by atoms with van der Waals surface area (Å²) in [6.07, 6.45) is 5.53. The van der Waals surface area contributed by atoms with Gasteiger partial charge in [0.05, 0.1) is 17.3 Å². The number of nitrogens with one attached hydrogen (secondary N) is 2. The maximum atomic E-state index is 16.6. The number of hydrogen-bond donors (Lipinski definition) is 2. The molecule has 2 aromatic carbocycles. The number of benzene rings is 2. The molecule has 10 heteroatoms. The van der Waals surface area contributed by atoms with Crippen molar-refractivity contribution in [1.29, 1.82) is 0 Å². The third kappa shape index (κ3) is 3.79. The summed E-state index contributed by atoms with van der Waals surface area (Å²) in [5, 5.41) is 12.4. The molecule has 0 unspecified atom stereocenters. The molecule has 2 aromatic heterocycles. The van der Waals surface area contributed by atoms with Gasteiger partial charge < -0.3 is 15.0 Å². The number of rotatable bonds is 5. The molecule has 0 spiro atoms. The van der Waals surface area contributed by atoms with E-state index < -0.39 is 12.0 Å². The first-order valence-electron chi connectivity index (χ1n) is 14.4. The van der Waals surface area contributed by atoms with Crippen LogP contribution in [0.15, 0.2) is 30.5 Å². The highest BCUT2D eigenvalue weighted by Crippen LogP contribution is 2.41. The lowest BCUT2D eigenvalue weighted by atomic mass is 9.95. The number of aromatic amines is 1. The molecule has 4 saturated heterocycles. The second kappa shape index (κ2) is 9.07. The van der Waals surface area contributed by atoms with Crippen molar-refractivity contribution in [2.45, 2.75) is 62.8 Å². The largest absolute Gasteiger partial charge is 0.461 e. The Labute approximate surface area is 231 Å². The number of piperazine rings is 1. The molecule has 4 fully saturated rings. The molecule has 8 nitrogen and oxygen atoms in total. The maximum absolute atomic E-state index is 16.6. The Morgan fingerprint density at radius 3 is 2.77 bits per heavy atom. The first-order chi connectivity index (χ1) is 19.5. The zero-order valence-electron chi connectivity index (χ0n) is 22.6. The molecular weight excluding hydrogens is 512 g/mol. The van der Waals surface area contributed by atoms with E-state index in [2.05, 4.69) is 30.3 Å². The van der Waals surface area contributed by atoms with Crippen LogP contribution in [0.3, 0.4) is 0 Å². The fourth-order valence-corrected chi connectivity index (χ4v) is 7.73. The average Bonchev–Trinajstić information content (AvgIpc) is 3.71. The van der Waals surface area contributed by atoms with Crippen LogP contribution >= 0.6 is 0 Å². The molecule has 0 saturated carbocycles. The van der Waals surface area contributed by atoms with Crippen molar-refractivity contribution in [3.05, 3.63) is 41.8 Å². The molecule has 4 aliphatic heterocycles. The van der Waals surface area contributed by atoms with E-state index in [1.807, 2.05) is 31.2 Å². The van der Waals surface area contributed by atoms with Gasteiger partial charge in [-0.2, -0.15) is 15.1 Å². The van der Waals surface area contributed by atoms with Gasteiger partial charge in [0.25, 0.3) is 0 Å². The number of hydrogen-bond acceptors (Lipinski definition) is 7. The smallest absolute Gasteiger partial charge is 0.319 e. The van der Waals surface area contributed by atoms with E-state index in [1.165, 1.54) is 0 Å². The lowest BCUT2D eigenvalue weighted by Crippen LogP contribution is -2.51. The van der Waals surface area contributed by atoms with Crippen LogP contribution in [0.25, 0.3) is 32.9 Å². The number of nitrogens with zero attached hydrogens (tertiary/aromatic N) is 5. The van der Waals surface area contributed by atoms with E-state index in [1.54, 1.807) is 6.20 Å². The van der Waals surface area contributed by atoms with Crippen LogP contribution in [-0.4, -0.2) is 81.6 Å². The number of halogens is 2. The van der Waals surface area contributed by atoms with Crippen LogP contribution in [-0.2, 0) is 0 Å². The van der Waals surface area contributed by atoms with Crippen molar-refractivity contribution in [1.82, 2.24) is 30.4 Å². The van der Waals surface area contributed by atoms with E-state index in [9.17, 15) is 4.39 Å². The van der Waals surface area contributed by atoms with E-state index in [-0.39, 0.29) is 17.1 Å². The van der Waals surface area contributed by atoms with Crippen LogP contribution in [0.5, 0.6) is 6.01 Å². The molecule has 4 aromatic rings. The van der Waals surface area contributed by atoms with Crippen LogP contribution in [0.1, 0.15) is 37.7 Å². The predicted molar refractivity (Wildman–Crippen MR) is 150 cm³/mol. The van der Waals surface area contributed by atoms with Crippen LogP contribution in [0, 0.1) is 12.7 Å². The number of H-pyrrole nitrogens is 1. The summed E-state index contributed by atoms with van der Waals surface area (Å²) in [7, 11) is 0. The summed E-state index contributed by atoms with van der Waals surface area (Å²) in [5.41, 5.74) is 3.00. The van der Waals surface area contributed by atoms with Crippen molar-refractivity contribution in [2.75, 3.05) is 37.7 Å². The van der Waals surface area contributed by atoms with Crippen molar-refractivity contribution in [3.63, 3.8) is 0 Å². The van der Waals surface area contributed by atoms with E-state index >= 15 is 4.39 Å². The summed E-state index contributed by atoms with van der Waals surface area (Å²) < 4.78 is 37.3. The van der Waals surface area contributed by atoms with Crippen LogP contribution in [0.2, 0.25) is 0 Å². The molecule has 2 bridgehead atoms. The summed E-state index contributed by atoms with van der Waals surface area (Å²) in [5.74, 6) is 0.309. The van der Waals surface area contributed by atoms with Crippen LogP contribution < -0.4 is 15.0 Å². The number of anilines is 1. The van der Waals surface area contributed by atoms with Crippen molar-refractivity contribution in [3.8, 4) is 17.1 Å². The lowest BCUT2D eigenvalue weighted by molar-refractivity contribution is 0.107. The van der Waals surface area contributed by atoms with Crippen molar-refractivity contribution >= 4 is 27.6 Å². The fourth-order valence-electron chi connectivity index (χ4n) is 7.73. The van der Waals surface area contributed by atoms with Crippen LogP contribution in [0.4, 0.5) is 14.6 Å². The third-order valence-electron chi connectivity index (χ3n) is 9.61. The Balaban J connectivity index is 1.24. The highest BCUT2D eigenvalue weighted by atomic mass is 19.1. The van der Waals surface area contributed by atoms with Gasteiger partial charge in [-0.05, 0) is 62.4 Å². The van der Waals surface area contributed by atoms with Gasteiger partial charge in [-0.3, -0.25) is 10.00 Å². The van der Waals surface area contributed by atoms with Gasteiger partial charge >= 0.3 is 6.01 Å². The SMILES string of the molecule is Cc1ccc2[nH]ncc2c1-c1ccc2c(N3C[C@H]4CC[C@@H](C3)N4)nc(OC[C@@]34CCCN3C[C@H](F)C4)nc2c1F. The van der Waals surface area contributed by atoms with Gasteiger partial charge in [0, 0.05) is 54.5 Å². The lowest BCUT2D eigenvalue weighted by Gasteiger charge is -2.34. The van der Waals surface area contributed by atoms with Gasteiger partial charge in [0.2, 0.25) is 0 Å². The zero-order chi connectivity index (χ0) is 27.0.